The topological polar surface area (TPSA) is 288 Å². The van der Waals surface area contributed by atoms with E-state index < -0.39 is 71.1 Å². The summed E-state index contributed by atoms with van der Waals surface area (Å²) in [5.74, 6) is -4.61. The molecule has 0 spiro atoms. The van der Waals surface area contributed by atoms with Crippen LogP contribution in [0.1, 0.15) is 71.8 Å². The number of nitrogens with one attached hydrogen (secondary N) is 5. The first-order valence-corrected chi connectivity index (χ1v) is 16.4. The van der Waals surface area contributed by atoms with Gasteiger partial charge >= 0.3 is 5.63 Å². The van der Waals surface area contributed by atoms with Crippen molar-refractivity contribution in [2.45, 2.75) is 96.8 Å². The van der Waals surface area contributed by atoms with Crippen LogP contribution in [0.5, 0.6) is 0 Å². The molecule has 7 amide bonds. The molecule has 0 saturated heterocycles. The van der Waals surface area contributed by atoms with Gasteiger partial charge in [-0.2, -0.15) is 0 Å². The van der Waals surface area contributed by atoms with Gasteiger partial charge in [0.2, 0.25) is 41.4 Å². The van der Waals surface area contributed by atoms with Gasteiger partial charge in [0, 0.05) is 36.6 Å². The highest BCUT2D eigenvalue weighted by Crippen LogP contribution is 2.22. The van der Waals surface area contributed by atoms with Gasteiger partial charge < -0.3 is 48.2 Å². The second-order valence-electron chi connectivity index (χ2n) is 12.3. The fraction of sp³-hybridized carbons (Fsp3) is 0.515. The minimum absolute atomic E-state index is 0.0718. The first-order chi connectivity index (χ1) is 23.5. The first kappa shape index (κ1) is 40.9. The van der Waals surface area contributed by atoms with Gasteiger partial charge in [0.25, 0.3) is 0 Å². The summed E-state index contributed by atoms with van der Waals surface area (Å²) in [7, 11) is 0. The Morgan fingerprint density at radius 1 is 0.780 bits per heavy atom. The van der Waals surface area contributed by atoms with Crippen molar-refractivity contribution in [1.82, 2.24) is 21.3 Å². The number of hydrogen-bond acceptors (Lipinski definition) is 10. The summed E-state index contributed by atoms with van der Waals surface area (Å²) in [6, 6.07) is 1.12. The molecule has 0 bridgehead atoms. The minimum Gasteiger partial charge on any atom is -0.423 e. The Labute approximate surface area is 289 Å². The van der Waals surface area contributed by atoms with Crippen LogP contribution in [-0.4, -0.2) is 72.1 Å². The van der Waals surface area contributed by atoms with Crippen molar-refractivity contribution < 1.29 is 38.0 Å². The lowest BCUT2D eigenvalue weighted by Gasteiger charge is -2.27. The van der Waals surface area contributed by atoms with Gasteiger partial charge in [0.1, 0.15) is 29.8 Å². The van der Waals surface area contributed by atoms with E-state index in [-0.39, 0.29) is 62.3 Å². The highest BCUT2D eigenvalue weighted by Gasteiger charge is 2.31. The molecule has 0 unspecified atom stereocenters. The van der Waals surface area contributed by atoms with E-state index in [1.807, 2.05) is 13.8 Å². The predicted octanol–water partition coefficient (Wildman–Crippen LogP) is -0.821. The summed E-state index contributed by atoms with van der Waals surface area (Å²) < 4.78 is 5.24. The molecule has 0 fully saturated rings. The average molecular weight is 701 g/mol. The lowest BCUT2D eigenvalue weighted by Crippen LogP contribution is -2.58. The highest BCUT2D eigenvalue weighted by atomic mass is 16.4. The molecule has 2 rings (SSSR count). The normalized spacial score (nSPS) is 13.4. The third kappa shape index (κ3) is 13.3. The van der Waals surface area contributed by atoms with E-state index in [4.69, 9.17) is 21.6 Å². The van der Waals surface area contributed by atoms with E-state index in [0.717, 1.165) is 6.07 Å². The second-order valence-corrected chi connectivity index (χ2v) is 12.3. The molecule has 17 nitrogen and oxygen atoms in total. The maximum absolute atomic E-state index is 13.6. The lowest BCUT2D eigenvalue weighted by molar-refractivity contribution is -0.134. The molecule has 0 radical (unpaired) electrons. The Kier molecular flexibility index (Phi) is 16.0. The summed E-state index contributed by atoms with van der Waals surface area (Å²) in [4.78, 5) is 100. The molecule has 0 aliphatic carbocycles. The number of rotatable bonds is 20. The third-order valence-corrected chi connectivity index (χ3v) is 7.55. The standard InChI is InChI=1S/C33H48N8O9/c1-5-22(37-18(4)42)30(46)39-23(7-6-12-34)32(48)41-25(13-17(2)3)33(49)40-24(10-11-27(35)43)31(47)38-20-8-9-21-19(14-28(36)44)15-29(45)50-26(21)16-20/h8-9,15-17,22-25H,5-7,10-14,34H2,1-4H3,(H2,35,43)(H2,36,44)(H,37,42)(H,38,47)(H,39,46)(H,40,49)(H,41,48)/t22-,23-,24-,25-/m0/s1. The van der Waals surface area contributed by atoms with Crippen LogP contribution in [0.3, 0.4) is 0 Å². The van der Waals surface area contributed by atoms with E-state index >= 15 is 0 Å². The van der Waals surface area contributed by atoms with Gasteiger partial charge in [0.15, 0.2) is 0 Å². The maximum atomic E-state index is 13.6. The van der Waals surface area contributed by atoms with Gasteiger partial charge in [-0.05, 0) is 62.3 Å². The summed E-state index contributed by atoms with van der Waals surface area (Å²) in [6.07, 6.45) is 0.296. The number of anilines is 1. The quantitative estimate of drug-likeness (QED) is 0.0794. The number of primary amides is 2. The largest absolute Gasteiger partial charge is 0.423 e. The number of hydrogen-bond donors (Lipinski definition) is 8. The second kappa shape index (κ2) is 19.6. The van der Waals surface area contributed by atoms with Crippen molar-refractivity contribution in [3.05, 3.63) is 40.2 Å². The molecule has 0 aliphatic rings. The first-order valence-electron chi connectivity index (χ1n) is 16.4. The molecular weight excluding hydrogens is 652 g/mol. The highest BCUT2D eigenvalue weighted by molar-refractivity contribution is 6.00. The molecule has 11 N–H and O–H groups in total. The fourth-order valence-corrected chi connectivity index (χ4v) is 5.14. The van der Waals surface area contributed by atoms with Crippen molar-refractivity contribution in [3.63, 3.8) is 0 Å². The van der Waals surface area contributed by atoms with Gasteiger partial charge in [-0.25, -0.2) is 4.79 Å². The molecule has 1 aromatic carbocycles. The monoisotopic (exact) mass is 700 g/mol. The van der Waals surface area contributed by atoms with Gasteiger partial charge in [-0.3, -0.25) is 33.6 Å². The zero-order chi connectivity index (χ0) is 37.5. The van der Waals surface area contributed by atoms with E-state index in [2.05, 4.69) is 26.6 Å². The number of amides is 7. The van der Waals surface area contributed by atoms with Crippen molar-refractivity contribution >= 4 is 58.0 Å². The van der Waals surface area contributed by atoms with E-state index in [1.165, 1.54) is 25.1 Å². The Morgan fingerprint density at radius 3 is 1.94 bits per heavy atom. The Bertz CT molecular complexity index is 1620. The van der Waals surface area contributed by atoms with E-state index in [1.54, 1.807) is 6.92 Å². The molecule has 1 heterocycles. The predicted molar refractivity (Wildman–Crippen MR) is 184 cm³/mol. The van der Waals surface area contributed by atoms with Crippen molar-refractivity contribution in [1.29, 1.82) is 0 Å². The lowest BCUT2D eigenvalue weighted by atomic mass is 10.0. The van der Waals surface area contributed by atoms with Crippen LogP contribution in [0.25, 0.3) is 11.0 Å². The maximum Gasteiger partial charge on any atom is 0.336 e. The summed E-state index contributed by atoms with van der Waals surface area (Å²) >= 11 is 0. The Hall–Kier alpha value is -5.32. The van der Waals surface area contributed by atoms with Crippen LogP contribution in [0.4, 0.5) is 5.69 Å². The molecule has 1 aromatic heterocycles. The summed E-state index contributed by atoms with van der Waals surface area (Å²) in [6.45, 7) is 6.84. The van der Waals surface area contributed by atoms with Crippen LogP contribution >= 0.6 is 0 Å². The summed E-state index contributed by atoms with van der Waals surface area (Å²) in [5, 5.41) is 13.5. The van der Waals surface area contributed by atoms with Crippen LogP contribution in [0.2, 0.25) is 0 Å². The van der Waals surface area contributed by atoms with Crippen LogP contribution < -0.4 is 49.4 Å². The van der Waals surface area contributed by atoms with Gasteiger partial charge in [0.05, 0.1) is 6.42 Å². The molecular formula is C33H48N8O9. The van der Waals surface area contributed by atoms with E-state index in [9.17, 15) is 38.4 Å². The zero-order valence-corrected chi connectivity index (χ0v) is 28.8. The van der Waals surface area contributed by atoms with Crippen molar-refractivity contribution in [2.24, 2.45) is 23.1 Å². The molecule has 17 heteroatoms. The van der Waals surface area contributed by atoms with Crippen LogP contribution in [0, 0.1) is 5.92 Å². The molecule has 0 saturated carbocycles. The molecule has 2 aromatic rings. The third-order valence-electron chi connectivity index (χ3n) is 7.55. The van der Waals surface area contributed by atoms with Crippen LogP contribution in [-0.2, 0) is 40.0 Å². The van der Waals surface area contributed by atoms with Crippen molar-refractivity contribution in [2.75, 3.05) is 11.9 Å². The molecule has 274 valence electrons. The number of carbonyl (C=O) groups is 7. The minimum atomic E-state index is -1.29. The Morgan fingerprint density at radius 2 is 1.38 bits per heavy atom. The van der Waals surface area contributed by atoms with Crippen LogP contribution in [0.15, 0.2) is 33.5 Å². The number of benzene rings is 1. The zero-order valence-electron chi connectivity index (χ0n) is 28.8. The molecule has 4 atom stereocenters. The van der Waals surface area contributed by atoms with Gasteiger partial charge in [-0.15, -0.1) is 0 Å². The average Bonchev–Trinajstić information content (AvgIpc) is 3.02. The SMILES string of the molecule is CC[C@H](NC(C)=O)C(=O)N[C@@H](CCCN)C(=O)N[C@@H](CC(C)C)C(=O)N[C@@H](CCC(N)=O)C(=O)Nc1ccc2c(CC(N)=O)cc(=O)oc2c1. The van der Waals surface area contributed by atoms with E-state index in [0.29, 0.717) is 17.4 Å². The molecule has 50 heavy (non-hydrogen) atoms. The van der Waals surface area contributed by atoms with Gasteiger partial charge in [-0.1, -0.05) is 20.8 Å². The smallest absolute Gasteiger partial charge is 0.336 e. The molecule has 0 aliphatic heterocycles. The number of nitrogens with two attached hydrogens (primary N) is 3. The number of carbonyl (C=O) groups excluding carboxylic acids is 7. The van der Waals surface area contributed by atoms with Crippen molar-refractivity contribution in [3.8, 4) is 0 Å². The summed E-state index contributed by atoms with van der Waals surface area (Å²) in [5.41, 5.74) is 16.1. The fourth-order valence-electron chi connectivity index (χ4n) is 5.14. The Balaban J connectivity index is 2.31. The number of fused-ring (bicyclic) bond motifs is 1.